The molecule has 0 aliphatic rings. The van der Waals surface area contributed by atoms with Crippen molar-refractivity contribution >= 4 is 22.8 Å². The quantitative estimate of drug-likeness (QED) is 0.600. The molecule has 0 spiro atoms. The molecule has 3 N–H and O–H groups in total. The SMILES string of the molecule is Cn1c(=O)c(C(=O)NCC(=O)O)c(O)c2ccc(Oc3c(F)cccc3F)cc21. The molecule has 3 rings (SSSR count). The number of rotatable bonds is 5. The summed E-state index contributed by atoms with van der Waals surface area (Å²) in [6.45, 7) is -0.736. The standard InChI is InChI=1S/C19H14F2N2O6/c1-23-13-7-9(29-17-11(20)3-2-4-12(17)21)5-6-10(13)16(26)15(19(23)28)18(27)22-8-14(24)25/h2-7,26H,8H2,1H3,(H,22,27)(H,24,25). The summed E-state index contributed by atoms with van der Waals surface area (Å²) in [5.41, 5.74) is -1.40. The molecule has 0 atom stereocenters. The van der Waals surface area contributed by atoms with Crippen LogP contribution in [-0.2, 0) is 11.8 Å². The lowest BCUT2D eigenvalue weighted by Crippen LogP contribution is -2.35. The molecular weight excluding hydrogens is 390 g/mol. The van der Waals surface area contributed by atoms with Crippen LogP contribution in [0.15, 0.2) is 41.2 Å². The van der Waals surface area contributed by atoms with Crippen molar-refractivity contribution in [3.05, 3.63) is 63.9 Å². The van der Waals surface area contributed by atoms with Crippen molar-refractivity contribution in [2.45, 2.75) is 0 Å². The lowest BCUT2D eigenvalue weighted by molar-refractivity contribution is -0.135. The van der Waals surface area contributed by atoms with Gasteiger partial charge in [-0.25, -0.2) is 8.78 Å². The predicted molar refractivity (Wildman–Crippen MR) is 97.3 cm³/mol. The number of aryl methyl sites for hydroxylation is 1. The Bertz CT molecular complexity index is 1190. The molecule has 0 saturated carbocycles. The van der Waals surface area contributed by atoms with Crippen LogP contribution in [0.25, 0.3) is 10.9 Å². The van der Waals surface area contributed by atoms with Crippen LogP contribution in [0.4, 0.5) is 8.78 Å². The van der Waals surface area contributed by atoms with Gasteiger partial charge >= 0.3 is 5.97 Å². The van der Waals surface area contributed by atoms with Gasteiger partial charge in [0.25, 0.3) is 11.5 Å². The third kappa shape index (κ3) is 3.72. The van der Waals surface area contributed by atoms with Crippen molar-refractivity contribution in [3.8, 4) is 17.2 Å². The normalized spacial score (nSPS) is 10.7. The number of fused-ring (bicyclic) bond motifs is 1. The molecule has 0 radical (unpaired) electrons. The number of pyridine rings is 1. The van der Waals surface area contributed by atoms with Gasteiger partial charge < -0.3 is 24.8 Å². The van der Waals surface area contributed by atoms with E-state index >= 15 is 0 Å². The van der Waals surface area contributed by atoms with E-state index in [1.165, 1.54) is 31.3 Å². The smallest absolute Gasteiger partial charge is 0.322 e. The second-order valence-electron chi connectivity index (χ2n) is 6.00. The minimum Gasteiger partial charge on any atom is -0.506 e. The van der Waals surface area contributed by atoms with Gasteiger partial charge in [-0.3, -0.25) is 14.4 Å². The Morgan fingerprint density at radius 3 is 2.45 bits per heavy atom. The number of aromatic nitrogens is 1. The van der Waals surface area contributed by atoms with Crippen molar-refractivity contribution in [3.63, 3.8) is 0 Å². The molecule has 0 saturated heterocycles. The van der Waals surface area contributed by atoms with Crippen molar-refractivity contribution in [2.75, 3.05) is 6.54 Å². The van der Waals surface area contributed by atoms with Crippen LogP contribution in [0.2, 0.25) is 0 Å². The minimum atomic E-state index is -1.32. The zero-order valence-electron chi connectivity index (χ0n) is 14.9. The highest BCUT2D eigenvalue weighted by Crippen LogP contribution is 2.32. The second kappa shape index (κ2) is 7.58. The number of carboxylic acids is 1. The Labute approximate surface area is 161 Å². The Morgan fingerprint density at radius 2 is 1.83 bits per heavy atom. The maximum atomic E-state index is 13.8. The molecule has 0 aliphatic carbocycles. The van der Waals surface area contributed by atoms with E-state index in [0.29, 0.717) is 0 Å². The second-order valence-corrected chi connectivity index (χ2v) is 6.00. The third-order valence-electron chi connectivity index (χ3n) is 4.11. The first kappa shape index (κ1) is 19.8. The molecule has 1 aromatic heterocycles. The van der Waals surface area contributed by atoms with Crippen LogP contribution in [-0.4, -0.2) is 33.2 Å². The van der Waals surface area contributed by atoms with Crippen LogP contribution in [0.5, 0.6) is 17.2 Å². The van der Waals surface area contributed by atoms with Gasteiger partial charge in [0.05, 0.1) is 5.52 Å². The predicted octanol–water partition coefficient (Wildman–Crippen LogP) is 2.13. The molecular formula is C19H14F2N2O6. The van der Waals surface area contributed by atoms with Crippen molar-refractivity contribution in [1.82, 2.24) is 9.88 Å². The molecule has 0 unspecified atom stereocenters. The number of aliphatic carboxylic acids is 1. The van der Waals surface area contributed by atoms with Crippen LogP contribution < -0.4 is 15.6 Å². The number of amides is 1. The molecule has 10 heteroatoms. The number of carbonyl (C=O) groups excluding carboxylic acids is 1. The van der Waals surface area contributed by atoms with Gasteiger partial charge in [-0.05, 0) is 24.3 Å². The fraction of sp³-hybridized carbons (Fsp3) is 0.105. The number of carbonyl (C=O) groups is 2. The Morgan fingerprint density at radius 1 is 1.17 bits per heavy atom. The first-order chi connectivity index (χ1) is 13.7. The zero-order valence-corrected chi connectivity index (χ0v) is 14.9. The average Bonchev–Trinajstić information content (AvgIpc) is 2.67. The number of carboxylic acid groups (broad SMARTS) is 1. The van der Waals surface area contributed by atoms with E-state index in [1.807, 2.05) is 5.32 Å². The summed E-state index contributed by atoms with van der Waals surface area (Å²) in [6, 6.07) is 7.06. The number of aromatic hydroxyl groups is 1. The number of halogens is 2. The molecule has 8 nitrogen and oxygen atoms in total. The molecule has 1 heterocycles. The van der Waals surface area contributed by atoms with Crippen molar-refractivity contribution in [1.29, 1.82) is 0 Å². The van der Waals surface area contributed by atoms with Gasteiger partial charge in [-0.2, -0.15) is 0 Å². The van der Waals surface area contributed by atoms with E-state index in [4.69, 9.17) is 9.84 Å². The molecule has 0 bridgehead atoms. The summed E-state index contributed by atoms with van der Waals surface area (Å²) in [6.07, 6.45) is 0. The summed E-state index contributed by atoms with van der Waals surface area (Å²) in [4.78, 5) is 35.2. The number of hydrogen-bond donors (Lipinski definition) is 3. The van der Waals surface area contributed by atoms with Gasteiger partial charge in [0, 0.05) is 18.5 Å². The van der Waals surface area contributed by atoms with E-state index in [-0.39, 0.29) is 16.7 Å². The van der Waals surface area contributed by atoms with Gasteiger partial charge in [-0.1, -0.05) is 6.07 Å². The molecule has 0 aliphatic heterocycles. The molecule has 3 aromatic rings. The van der Waals surface area contributed by atoms with E-state index in [1.54, 1.807) is 0 Å². The van der Waals surface area contributed by atoms with Gasteiger partial charge in [0.2, 0.25) is 0 Å². The van der Waals surface area contributed by atoms with Crippen LogP contribution >= 0.6 is 0 Å². The summed E-state index contributed by atoms with van der Waals surface area (Å²) < 4.78 is 33.8. The lowest BCUT2D eigenvalue weighted by atomic mass is 10.1. The van der Waals surface area contributed by atoms with Crippen molar-refractivity contribution < 1.29 is 33.3 Å². The largest absolute Gasteiger partial charge is 0.506 e. The van der Waals surface area contributed by atoms with E-state index in [0.717, 1.165) is 16.7 Å². The summed E-state index contributed by atoms with van der Waals surface area (Å²) >= 11 is 0. The summed E-state index contributed by atoms with van der Waals surface area (Å²) in [5, 5.41) is 21.1. The summed E-state index contributed by atoms with van der Waals surface area (Å²) in [7, 11) is 1.31. The number of para-hydroxylation sites is 1. The Hall–Kier alpha value is -3.95. The maximum Gasteiger partial charge on any atom is 0.322 e. The number of ether oxygens (including phenoxy) is 1. The van der Waals surface area contributed by atoms with E-state index in [2.05, 4.69) is 0 Å². The minimum absolute atomic E-state index is 0.0148. The Kier molecular flexibility index (Phi) is 5.18. The summed E-state index contributed by atoms with van der Waals surface area (Å²) in [5.74, 6) is -5.53. The third-order valence-corrected chi connectivity index (χ3v) is 4.11. The Balaban J connectivity index is 2.08. The fourth-order valence-electron chi connectivity index (χ4n) is 2.71. The van der Waals surface area contributed by atoms with E-state index in [9.17, 15) is 28.3 Å². The topological polar surface area (TPSA) is 118 Å². The lowest BCUT2D eigenvalue weighted by Gasteiger charge is -2.13. The molecule has 1 amide bonds. The monoisotopic (exact) mass is 404 g/mol. The number of nitrogens with one attached hydrogen (secondary N) is 1. The number of hydrogen-bond acceptors (Lipinski definition) is 5. The van der Waals surface area contributed by atoms with Crippen LogP contribution in [0.1, 0.15) is 10.4 Å². The zero-order chi connectivity index (χ0) is 21.3. The van der Waals surface area contributed by atoms with Crippen LogP contribution in [0, 0.1) is 11.6 Å². The fourth-order valence-corrected chi connectivity index (χ4v) is 2.71. The van der Waals surface area contributed by atoms with E-state index < -0.39 is 52.7 Å². The van der Waals surface area contributed by atoms with Crippen molar-refractivity contribution in [2.24, 2.45) is 7.05 Å². The van der Waals surface area contributed by atoms with Gasteiger partial charge in [0.1, 0.15) is 23.6 Å². The molecule has 29 heavy (non-hydrogen) atoms. The first-order valence-corrected chi connectivity index (χ1v) is 8.18. The highest BCUT2D eigenvalue weighted by atomic mass is 19.1. The molecule has 2 aromatic carbocycles. The average molecular weight is 404 g/mol. The molecule has 150 valence electrons. The first-order valence-electron chi connectivity index (χ1n) is 8.18. The van der Waals surface area contributed by atoms with Crippen LogP contribution in [0.3, 0.4) is 0 Å². The number of nitrogens with zero attached hydrogens (tertiary/aromatic N) is 1. The van der Waals surface area contributed by atoms with Gasteiger partial charge in [-0.15, -0.1) is 0 Å². The van der Waals surface area contributed by atoms with Gasteiger partial charge in [0.15, 0.2) is 17.4 Å². The highest BCUT2D eigenvalue weighted by molar-refractivity contribution is 6.03. The maximum absolute atomic E-state index is 13.8. The highest BCUT2D eigenvalue weighted by Gasteiger charge is 2.22. The molecule has 0 fully saturated rings. The number of benzene rings is 2.